The number of rotatable bonds is 4. The van der Waals surface area contributed by atoms with Crippen molar-refractivity contribution in [3.05, 3.63) is 0 Å². The van der Waals surface area contributed by atoms with Crippen molar-refractivity contribution >= 4 is 5.97 Å². The van der Waals surface area contributed by atoms with Gasteiger partial charge in [-0.3, -0.25) is 4.79 Å². The molecule has 0 amide bonds. The van der Waals surface area contributed by atoms with Gasteiger partial charge in [-0.05, 0) is 13.3 Å². The van der Waals surface area contributed by atoms with Crippen molar-refractivity contribution in [1.29, 1.82) is 0 Å². The van der Waals surface area contributed by atoms with Crippen LogP contribution in [-0.4, -0.2) is 30.7 Å². The zero-order valence-corrected chi connectivity index (χ0v) is 7.30. The summed E-state index contributed by atoms with van der Waals surface area (Å²) in [5.41, 5.74) is -1.32. The van der Waals surface area contributed by atoms with Crippen LogP contribution in [0.15, 0.2) is 0 Å². The molecule has 1 N–H and O–H groups in total. The first kappa shape index (κ1) is 10.4. The van der Waals surface area contributed by atoms with Gasteiger partial charge in [0.2, 0.25) is 6.43 Å². The Morgan fingerprint density at radius 2 is 2.38 bits per heavy atom. The van der Waals surface area contributed by atoms with E-state index < -0.39 is 30.3 Å². The minimum absolute atomic E-state index is 0.0278. The van der Waals surface area contributed by atoms with E-state index in [-0.39, 0.29) is 13.0 Å². The van der Waals surface area contributed by atoms with Crippen molar-refractivity contribution in [3.8, 4) is 0 Å². The fourth-order valence-corrected chi connectivity index (χ4v) is 1.42. The number of hydrogen-bond acceptors (Lipinski definition) is 3. The average Bonchev–Trinajstić information content (AvgIpc) is 2.80. The standard InChI is InChI=1S/C8H12F2O3/c1-2-13-7(12)8(4-11)3-5(8)6(9)10/h5-6,11H,2-4H2,1H3. The van der Waals surface area contributed by atoms with Crippen LogP contribution in [0.5, 0.6) is 0 Å². The third-order valence-corrected chi connectivity index (χ3v) is 2.40. The van der Waals surface area contributed by atoms with E-state index in [0.29, 0.717) is 0 Å². The Kier molecular flexibility index (Phi) is 2.85. The fourth-order valence-electron chi connectivity index (χ4n) is 1.42. The molecule has 5 heteroatoms. The van der Waals surface area contributed by atoms with Crippen LogP contribution in [0.3, 0.4) is 0 Å². The van der Waals surface area contributed by atoms with E-state index in [1.165, 1.54) is 0 Å². The first-order valence-electron chi connectivity index (χ1n) is 4.14. The summed E-state index contributed by atoms with van der Waals surface area (Å²) in [6.45, 7) is 1.19. The molecule has 0 heterocycles. The summed E-state index contributed by atoms with van der Waals surface area (Å²) in [7, 11) is 0. The van der Waals surface area contributed by atoms with Crippen molar-refractivity contribution in [2.24, 2.45) is 11.3 Å². The van der Waals surface area contributed by atoms with Gasteiger partial charge in [-0.2, -0.15) is 0 Å². The van der Waals surface area contributed by atoms with Crippen LogP contribution in [0.4, 0.5) is 8.78 Å². The third kappa shape index (κ3) is 1.65. The number of esters is 1. The molecule has 76 valence electrons. The van der Waals surface area contributed by atoms with Crippen molar-refractivity contribution in [2.45, 2.75) is 19.8 Å². The van der Waals surface area contributed by atoms with Crippen molar-refractivity contribution in [2.75, 3.05) is 13.2 Å². The molecule has 1 aliphatic carbocycles. The second-order valence-electron chi connectivity index (χ2n) is 3.18. The number of aliphatic hydroxyl groups is 1. The minimum atomic E-state index is -2.56. The number of carbonyl (C=O) groups is 1. The molecule has 1 fully saturated rings. The molecule has 0 saturated heterocycles. The number of carbonyl (C=O) groups excluding carboxylic acids is 1. The van der Waals surface area contributed by atoms with Crippen molar-refractivity contribution < 1.29 is 23.4 Å². The number of halogens is 2. The zero-order chi connectivity index (χ0) is 10.1. The van der Waals surface area contributed by atoms with E-state index in [4.69, 9.17) is 5.11 Å². The summed E-state index contributed by atoms with van der Waals surface area (Å²) < 4.78 is 29.0. The molecule has 2 atom stereocenters. The van der Waals surface area contributed by atoms with Gasteiger partial charge >= 0.3 is 5.97 Å². The van der Waals surface area contributed by atoms with Gasteiger partial charge in [-0.1, -0.05) is 0 Å². The lowest BCUT2D eigenvalue weighted by molar-refractivity contribution is -0.153. The number of alkyl halides is 2. The van der Waals surface area contributed by atoms with E-state index in [0.717, 1.165) is 0 Å². The van der Waals surface area contributed by atoms with Gasteiger partial charge in [-0.25, -0.2) is 8.78 Å². The van der Waals surface area contributed by atoms with Gasteiger partial charge in [0.05, 0.1) is 18.6 Å². The molecule has 13 heavy (non-hydrogen) atoms. The van der Waals surface area contributed by atoms with E-state index in [9.17, 15) is 13.6 Å². The summed E-state index contributed by atoms with van der Waals surface area (Å²) in [5.74, 6) is -1.74. The Labute approximate surface area is 74.7 Å². The van der Waals surface area contributed by atoms with Gasteiger partial charge in [-0.15, -0.1) is 0 Å². The van der Waals surface area contributed by atoms with Gasteiger partial charge in [0.1, 0.15) is 0 Å². The van der Waals surface area contributed by atoms with Crippen molar-refractivity contribution in [1.82, 2.24) is 0 Å². The van der Waals surface area contributed by atoms with E-state index in [1.807, 2.05) is 0 Å². The first-order valence-corrected chi connectivity index (χ1v) is 4.14. The first-order chi connectivity index (χ1) is 6.08. The molecule has 1 rings (SSSR count). The summed E-state index contributed by atoms with van der Waals surface area (Å²) >= 11 is 0. The summed E-state index contributed by atoms with van der Waals surface area (Å²) in [6, 6.07) is 0. The second kappa shape index (κ2) is 3.57. The Bertz CT molecular complexity index is 208. The smallest absolute Gasteiger partial charge is 0.314 e. The maximum atomic E-state index is 12.2. The normalized spacial score (nSPS) is 31.9. The third-order valence-electron chi connectivity index (χ3n) is 2.40. The SMILES string of the molecule is CCOC(=O)C1(CO)CC1C(F)F. The number of ether oxygens (including phenoxy) is 1. The van der Waals surface area contributed by atoms with E-state index >= 15 is 0 Å². The van der Waals surface area contributed by atoms with Crippen LogP contribution in [-0.2, 0) is 9.53 Å². The fraction of sp³-hybridized carbons (Fsp3) is 0.875. The topological polar surface area (TPSA) is 46.5 Å². The lowest BCUT2D eigenvalue weighted by Gasteiger charge is -2.12. The van der Waals surface area contributed by atoms with Gasteiger partial charge in [0.25, 0.3) is 0 Å². The Morgan fingerprint density at radius 1 is 1.77 bits per heavy atom. The highest BCUT2D eigenvalue weighted by Gasteiger charge is 2.64. The lowest BCUT2D eigenvalue weighted by atomic mass is 10.1. The summed E-state index contributed by atoms with van der Waals surface area (Å²) in [5, 5.41) is 8.84. The number of aliphatic hydroxyl groups excluding tert-OH is 1. The molecule has 3 nitrogen and oxygen atoms in total. The summed E-state index contributed by atoms with van der Waals surface area (Å²) in [6.07, 6.45) is -2.53. The van der Waals surface area contributed by atoms with Crippen LogP contribution < -0.4 is 0 Å². The summed E-state index contributed by atoms with van der Waals surface area (Å²) in [4.78, 5) is 11.2. The monoisotopic (exact) mass is 194 g/mol. The predicted octanol–water partition coefficient (Wildman–Crippen LogP) is 0.813. The maximum Gasteiger partial charge on any atom is 0.314 e. The van der Waals surface area contributed by atoms with Crippen molar-refractivity contribution in [3.63, 3.8) is 0 Å². The molecule has 0 radical (unpaired) electrons. The van der Waals surface area contributed by atoms with Crippen LogP contribution in [0.2, 0.25) is 0 Å². The van der Waals surface area contributed by atoms with Gasteiger partial charge in [0, 0.05) is 5.92 Å². The molecule has 0 bridgehead atoms. The number of hydrogen-bond donors (Lipinski definition) is 1. The van der Waals surface area contributed by atoms with Crippen LogP contribution >= 0.6 is 0 Å². The second-order valence-corrected chi connectivity index (χ2v) is 3.18. The molecule has 0 aliphatic heterocycles. The average molecular weight is 194 g/mol. The highest BCUT2D eigenvalue weighted by molar-refractivity contribution is 5.81. The highest BCUT2D eigenvalue weighted by atomic mass is 19.3. The largest absolute Gasteiger partial charge is 0.465 e. The molecule has 1 saturated carbocycles. The molecule has 0 aromatic heterocycles. The molecule has 0 spiro atoms. The maximum absolute atomic E-state index is 12.2. The Morgan fingerprint density at radius 3 is 2.69 bits per heavy atom. The van der Waals surface area contributed by atoms with Crippen LogP contribution in [0, 0.1) is 11.3 Å². The van der Waals surface area contributed by atoms with Gasteiger partial charge < -0.3 is 9.84 Å². The Hall–Kier alpha value is -0.710. The zero-order valence-electron chi connectivity index (χ0n) is 7.30. The predicted molar refractivity (Wildman–Crippen MR) is 40.3 cm³/mol. The molecule has 2 unspecified atom stereocenters. The molecular formula is C8H12F2O3. The quantitative estimate of drug-likeness (QED) is 0.674. The Balaban J connectivity index is 2.59. The molecule has 1 aliphatic rings. The lowest BCUT2D eigenvalue weighted by Crippen LogP contribution is -2.26. The molecular weight excluding hydrogens is 182 g/mol. The van der Waals surface area contributed by atoms with Crippen LogP contribution in [0.1, 0.15) is 13.3 Å². The minimum Gasteiger partial charge on any atom is -0.465 e. The molecule has 0 aromatic carbocycles. The van der Waals surface area contributed by atoms with Crippen LogP contribution in [0.25, 0.3) is 0 Å². The van der Waals surface area contributed by atoms with E-state index in [1.54, 1.807) is 6.92 Å². The molecule has 0 aromatic rings. The highest BCUT2D eigenvalue weighted by Crippen LogP contribution is 2.56. The van der Waals surface area contributed by atoms with E-state index in [2.05, 4.69) is 4.74 Å². The van der Waals surface area contributed by atoms with Gasteiger partial charge in [0.15, 0.2) is 0 Å².